The van der Waals surface area contributed by atoms with Crippen molar-refractivity contribution < 1.29 is 13.5 Å². The van der Waals surface area contributed by atoms with Gasteiger partial charge in [0.2, 0.25) is 5.92 Å². The normalized spacial score (nSPS) is 27.8. The fourth-order valence-electron chi connectivity index (χ4n) is 2.55. The summed E-state index contributed by atoms with van der Waals surface area (Å²) in [7, 11) is 0. The van der Waals surface area contributed by atoms with Crippen molar-refractivity contribution in [3.63, 3.8) is 0 Å². The van der Waals surface area contributed by atoms with E-state index in [4.69, 9.17) is 10.5 Å². The zero-order chi connectivity index (χ0) is 13.0. The number of ether oxygens (including phenoxy) is 1. The SMILES string of the molecule is I.NC(=NCC1CCCC(F)(F)C1)N1CCOCC1. The molecule has 1 aliphatic carbocycles. The highest BCUT2D eigenvalue weighted by molar-refractivity contribution is 14.0. The maximum absolute atomic E-state index is 13.2. The Labute approximate surface area is 129 Å². The van der Waals surface area contributed by atoms with Gasteiger partial charge in [0.1, 0.15) is 0 Å². The van der Waals surface area contributed by atoms with Gasteiger partial charge in [-0.05, 0) is 18.8 Å². The van der Waals surface area contributed by atoms with Crippen molar-refractivity contribution in [3.8, 4) is 0 Å². The Morgan fingerprint density at radius 1 is 1.37 bits per heavy atom. The molecule has 19 heavy (non-hydrogen) atoms. The van der Waals surface area contributed by atoms with E-state index in [1.807, 2.05) is 4.90 Å². The van der Waals surface area contributed by atoms with Gasteiger partial charge in [-0.3, -0.25) is 4.99 Å². The minimum atomic E-state index is -2.51. The first-order valence-electron chi connectivity index (χ1n) is 6.57. The molecule has 0 radical (unpaired) electrons. The second-order valence-electron chi connectivity index (χ2n) is 5.12. The first-order valence-corrected chi connectivity index (χ1v) is 6.57. The van der Waals surface area contributed by atoms with E-state index >= 15 is 0 Å². The number of halogens is 3. The third-order valence-electron chi connectivity index (χ3n) is 3.59. The Bertz CT molecular complexity index is 309. The van der Waals surface area contributed by atoms with Crippen molar-refractivity contribution in [3.05, 3.63) is 0 Å². The second kappa shape index (κ2) is 7.56. The van der Waals surface area contributed by atoms with Crippen molar-refractivity contribution in [2.75, 3.05) is 32.8 Å². The number of rotatable bonds is 2. The third-order valence-corrected chi connectivity index (χ3v) is 3.59. The predicted molar refractivity (Wildman–Crippen MR) is 81.2 cm³/mol. The van der Waals surface area contributed by atoms with E-state index < -0.39 is 5.92 Å². The standard InChI is InChI=1S/C12H21F2N3O.HI/c13-12(14)3-1-2-10(8-12)9-16-11(15)17-4-6-18-7-5-17;/h10H,1-9H2,(H2,15,16);1H. The molecule has 1 aliphatic heterocycles. The average Bonchev–Trinajstić information content (AvgIpc) is 2.36. The molecule has 1 atom stereocenters. The van der Waals surface area contributed by atoms with Gasteiger partial charge in [-0.1, -0.05) is 0 Å². The molecule has 1 heterocycles. The molecule has 1 unspecified atom stereocenters. The lowest BCUT2D eigenvalue weighted by molar-refractivity contribution is -0.0508. The van der Waals surface area contributed by atoms with Gasteiger partial charge in [0.25, 0.3) is 0 Å². The molecule has 0 amide bonds. The van der Waals surface area contributed by atoms with Crippen LogP contribution in [0.25, 0.3) is 0 Å². The van der Waals surface area contributed by atoms with Gasteiger partial charge in [0.15, 0.2) is 5.96 Å². The fraction of sp³-hybridized carbons (Fsp3) is 0.917. The number of alkyl halides is 2. The van der Waals surface area contributed by atoms with Gasteiger partial charge in [0.05, 0.1) is 13.2 Å². The van der Waals surface area contributed by atoms with Crippen LogP contribution in [0.5, 0.6) is 0 Å². The lowest BCUT2D eigenvalue weighted by Gasteiger charge is -2.30. The van der Waals surface area contributed by atoms with Crippen LogP contribution in [0, 0.1) is 5.92 Å². The van der Waals surface area contributed by atoms with Crippen LogP contribution in [-0.2, 0) is 4.74 Å². The molecule has 0 aromatic carbocycles. The Balaban J connectivity index is 0.00000180. The minimum absolute atomic E-state index is 0. The van der Waals surface area contributed by atoms with E-state index in [1.165, 1.54) is 0 Å². The summed E-state index contributed by atoms with van der Waals surface area (Å²) in [5.41, 5.74) is 5.87. The quantitative estimate of drug-likeness (QED) is 0.447. The van der Waals surface area contributed by atoms with Gasteiger partial charge in [-0.2, -0.15) is 0 Å². The summed E-state index contributed by atoms with van der Waals surface area (Å²) < 4.78 is 31.7. The topological polar surface area (TPSA) is 50.8 Å². The first kappa shape index (κ1) is 16.9. The fourth-order valence-corrected chi connectivity index (χ4v) is 2.55. The second-order valence-corrected chi connectivity index (χ2v) is 5.12. The van der Waals surface area contributed by atoms with E-state index in [0.29, 0.717) is 32.1 Å². The highest BCUT2D eigenvalue weighted by Gasteiger charge is 2.35. The van der Waals surface area contributed by atoms with E-state index in [1.54, 1.807) is 0 Å². The molecule has 4 nitrogen and oxygen atoms in total. The number of aliphatic imine (C=N–C) groups is 1. The Kier molecular flexibility index (Phi) is 6.72. The zero-order valence-corrected chi connectivity index (χ0v) is 13.3. The Hall–Kier alpha value is -0.180. The van der Waals surface area contributed by atoms with E-state index in [-0.39, 0.29) is 42.7 Å². The number of nitrogens with zero attached hydrogens (tertiary/aromatic N) is 2. The molecular formula is C12H22F2IN3O. The van der Waals surface area contributed by atoms with Crippen LogP contribution in [0.2, 0.25) is 0 Å². The highest BCUT2D eigenvalue weighted by Crippen LogP contribution is 2.36. The summed E-state index contributed by atoms with van der Waals surface area (Å²) in [5.74, 6) is -2.08. The van der Waals surface area contributed by atoms with Crippen molar-refractivity contribution in [2.45, 2.75) is 31.6 Å². The van der Waals surface area contributed by atoms with Crippen LogP contribution in [-0.4, -0.2) is 49.6 Å². The molecule has 0 bridgehead atoms. The molecular weight excluding hydrogens is 367 g/mol. The van der Waals surface area contributed by atoms with E-state index in [0.717, 1.165) is 19.5 Å². The summed E-state index contributed by atoms with van der Waals surface area (Å²) in [6, 6.07) is 0. The van der Waals surface area contributed by atoms with E-state index in [9.17, 15) is 8.78 Å². The molecule has 0 aromatic rings. The number of morpholine rings is 1. The van der Waals surface area contributed by atoms with Gasteiger partial charge in [-0.15, -0.1) is 24.0 Å². The Morgan fingerprint density at radius 3 is 2.68 bits per heavy atom. The Morgan fingerprint density at radius 2 is 2.05 bits per heavy atom. The zero-order valence-electron chi connectivity index (χ0n) is 11.0. The molecule has 2 rings (SSSR count). The van der Waals surface area contributed by atoms with Gasteiger partial charge < -0.3 is 15.4 Å². The monoisotopic (exact) mass is 389 g/mol. The van der Waals surface area contributed by atoms with Crippen LogP contribution >= 0.6 is 24.0 Å². The van der Waals surface area contributed by atoms with Gasteiger partial charge >= 0.3 is 0 Å². The van der Waals surface area contributed by atoms with Crippen LogP contribution in [0.4, 0.5) is 8.78 Å². The van der Waals surface area contributed by atoms with Crippen LogP contribution < -0.4 is 5.73 Å². The van der Waals surface area contributed by atoms with Gasteiger partial charge in [-0.25, -0.2) is 8.78 Å². The molecule has 1 saturated carbocycles. The minimum Gasteiger partial charge on any atom is -0.378 e. The van der Waals surface area contributed by atoms with Crippen LogP contribution in [0.3, 0.4) is 0 Å². The molecule has 1 saturated heterocycles. The van der Waals surface area contributed by atoms with Crippen LogP contribution in [0.1, 0.15) is 25.7 Å². The maximum Gasteiger partial charge on any atom is 0.248 e. The first-order chi connectivity index (χ1) is 8.57. The molecule has 0 spiro atoms. The summed E-state index contributed by atoms with van der Waals surface area (Å²) in [6.45, 7) is 3.18. The highest BCUT2D eigenvalue weighted by atomic mass is 127. The van der Waals surface area contributed by atoms with Crippen LogP contribution in [0.15, 0.2) is 4.99 Å². The number of guanidine groups is 1. The molecule has 7 heteroatoms. The lowest BCUT2D eigenvalue weighted by atomic mass is 9.87. The van der Waals surface area contributed by atoms with E-state index in [2.05, 4.69) is 4.99 Å². The largest absolute Gasteiger partial charge is 0.378 e. The summed E-state index contributed by atoms with van der Waals surface area (Å²) in [5, 5.41) is 0. The number of nitrogens with two attached hydrogens (primary N) is 1. The average molecular weight is 389 g/mol. The molecule has 2 N–H and O–H groups in total. The summed E-state index contributed by atoms with van der Waals surface area (Å²) in [4.78, 5) is 6.22. The molecule has 0 aromatic heterocycles. The predicted octanol–water partition coefficient (Wildman–Crippen LogP) is 2.08. The number of hydrogen-bond acceptors (Lipinski definition) is 2. The summed E-state index contributed by atoms with van der Waals surface area (Å²) >= 11 is 0. The molecule has 2 aliphatic rings. The lowest BCUT2D eigenvalue weighted by Crippen LogP contribution is -2.45. The smallest absolute Gasteiger partial charge is 0.248 e. The molecule has 112 valence electrons. The van der Waals surface area contributed by atoms with Crippen molar-refractivity contribution in [1.29, 1.82) is 0 Å². The number of hydrogen-bond donors (Lipinski definition) is 1. The van der Waals surface area contributed by atoms with Crippen molar-refractivity contribution in [1.82, 2.24) is 4.90 Å². The third kappa shape index (κ3) is 5.37. The molecule has 2 fully saturated rings. The van der Waals surface area contributed by atoms with Gasteiger partial charge in [0, 0.05) is 32.5 Å². The van der Waals surface area contributed by atoms with Crippen molar-refractivity contribution >= 4 is 29.9 Å². The van der Waals surface area contributed by atoms with Crippen molar-refractivity contribution in [2.24, 2.45) is 16.6 Å². The maximum atomic E-state index is 13.2. The summed E-state index contributed by atoms with van der Waals surface area (Å²) in [6.07, 6.45) is 1.39.